The van der Waals surface area contributed by atoms with E-state index in [1.54, 1.807) is 6.07 Å². The van der Waals surface area contributed by atoms with E-state index in [1.165, 1.54) is 18.2 Å². The van der Waals surface area contributed by atoms with E-state index in [4.69, 9.17) is 5.26 Å². The lowest BCUT2D eigenvalue weighted by Gasteiger charge is -2.10. The smallest absolute Gasteiger partial charge is 0.280 e. The van der Waals surface area contributed by atoms with Gasteiger partial charge in [0.1, 0.15) is 5.92 Å². The predicted molar refractivity (Wildman–Crippen MR) is 66.0 cm³/mol. The highest BCUT2D eigenvalue weighted by Crippen LogP contribution is 2.23. The number of nitrogens with zero attached hydrogens (tertiary/aromatic N) is 2. The van der Waals surface area contributed by atoms with E-state index in [-0.39, 0.29) is 17.2 Å². The van der Waals surface area contributed by atoms with Crippen LogP contribution in [0.2, 0.25) is 0 Å². The summed E-state index contributed by atoms with van der Waals surface area (Å²) in [5.74, 6) is -1.12. The van der Waals surface area contributed by atoms with Crippen molar-refractivity contribution in [3.8, 4) is 6.07 Å². The van der Waals surface area contributed by atoms with Crippen molar-refractivity contribution in [3.05, 3.63) is 39.9 Å². The van der Waals surface area contributed by atoms with E-state index in [2.05, 4.69) is 0 Å². The Kier molecular flexibility index (Phi) is 4.55. The number of ketones is 1. The Labute approximate surface area is 105 Å². The van der Waals surface area contributed by atoms with Crippen LogP contribution in [-0.4, -0.2) is 10.7 Å². The Morgan fingerprint density at radius 3 is 2.56 bits per heavy atom. The number of rotatable bonds is 5. The minimum absolute atomic E-state index is 0.00898. The summed E-state index contributed by atoms with van der Waals surface area (Å²) in [7, 11) is 0. The zero-order valence-corrected chi connectivity index (χ0v) is 10.3. The first-order chi connectivity index (χ1) is 8.47. The predicted octanol–water partition coefficient (Wildman–Crippen LogP) is 2.96. The number of Topliss-reactive ketones (excluding diaryl/α,β-unsaturated/α-hetero) is 1. The molecule has 1 unspecified atom stereocenters. The molecule has 94 valence electrons. The standard InChI is InChI=1S/C13H14N2O3/c1-9(2)7-10(8-14)13(16)11-5-3-4-6-12(11)15(17)18/h3-6,9-10H,7H2,1-2H3. The van der Waals surface area contributed by atoms with Gasteiger partial charge in [-0.2, -0.15) is 5.26 Å². The maximum Gasteiger partial charge on any atom is 0.280 e. The van der Waals surface area contributed by atoms with Crippen molar-refractivity contribution in [2.75, 3.05) is 0 Å². The topological polar surface area (TPSA) is 84.0 Å². The fourth-order valence-corrected chi connectivity index (χ4v) is 1.72. The molecule has 5 heteroatoms. The number of carbonyl (C=O) groups excluding carboxylic acids is 1. The van der Waals surface area contributed by atoms with Gasteiger partial charge in [0.05, 0.1) is 16.6 Å². The zero-order chi connectivity index (χ0) is 13.7. The maximum atomic E-state index is 12.1. The molecule has 1 rings (SSSR count). The monoisotopic (exact) mass is 246 g/mol. The van der Waals surface area contributed by atoms with Gasteiger partial charge in [-0.15, -0.1) is 0 Å². The van der Waals surface area contributed by atoms with Gasteiger partial charge in [0, 0.05) is 6.07 Å². The molecule has 0 heterocycles. The van der Waals surface area contributed by atoms with Crippen molar-refractivity contribution in [2.45, 2.75) is 20.3 Å². The second-order valence-electron chi connectivity index (χ2n) is 4.45. The third-order valence-electron chi connectivity index (χ3n) is 2.55. The van der Waals surface area contributed by atoms with Crippen LogP contribution in [0.25, 0.3) is 0 Å². The Morgan fingerprint density at radius 2 is 2.06 bits per heavy atom. The summed E-state index contributed by atoms with van der Waals surface area (Å²) >= 11 is 0. The second-order valence-corrected chi connectivity index (χ2v) is 4.45. The first-order valence-corrected chi connectivity index (χ1v) is 5.64. The van der Waals surface area contributed by atoms with Crippen LogP contribution in [0.4, 0.5) is 5.69 Å². The summed E-state index contributed by atoms with van der Waals surface area (Å²) in [6.07, 6.45) is 0.404. The molecule has 0 fully saturated rings. The zero-order valence-electron chi connectivity index (χ0n) is 10.3. The van der Waals surface area contributed by atoms with Crippen molar-refractivity contribution in [3.63, 3.8) is 0 Å². The largest absolute Gasteiger partial charge is 0.292 e. The van der Waals surface area contributed by atoms with Crippen molar-refractivity contribution in [1.82, 2.24) is 0 Å². The maximum absolute atomic E-state index is 12.1. The summed E-state index contributed by atoms with van der Waals surface area (Å²) in [5.41, 5.74) is -0.235. The molecule has 5 nitrogen and oxygen atoms in total. The molecule has 0 saturated carbocycles. The van der Waals surface area contributed by atoms with Crippen molar-refractivity contribution in [1.29, 1.82) is 5.26 Å². The van der Waals surface area contributed by atoms with Crippen molar-refractivity contribution in [2.24, 2.45) is 11.8 Å². The summed E-state index contributed by atoms with van der Waals surface area (Å²) in [4.78, 5) is 22.3. The molecule has 1 aromatic rings. The summed E-state index contributed by atoms with van der Waals surface area (Å²) in [5, 5.41) is 19.8. The molecule has 0 aliphatic rings. The Bertz CT molecular complexity index is 503. The Morgan fingerprint density at radius 1 is 1.44 bits per heavy atom. The van der Waals surface area contributed by atoms with Gasteiger partial charge in [-0.3, -0.25) is 14.9 Å². The molecule has 0 amide bonds. The Hall–Kier alpha value is -2.22. The van der Waals surface area contributed by atoms with Crippen LogP contribution in [0.3, 0.4) is 0 Å². The number of nitro benzene ring substituents is 1. The molecule has 0 bridgehead atoms. The van der Waals surface area contributed by atoms with Crippen LogP contribution >= 0.6 is 0 Å². The molecule has 0 aliphatic carbocycles. The van der Waals surface area contributed by atoms with E-state index >= 15 is 0 Å². The normalized spacial score (nSPS) is 11.9. The van der Waals surface area contributed by atoms with Gasteiger partial charge in [0.25, 0.3) is 5.69 Å². The molecule has 1 aromatic carbocycles. The molecule has 0 N–H and O–H groups in total. The van der Waals surface area contributed by atoms with Gasteiger partial charge in [0.15, 0.2) is 5.78 Å². The van der Waals surface area contributed by atoms with Gasteiger partial charge in [0.2, 0.25) is 0 Å². The summed E-state index contributed by atoms with van der Waals surface area (Å²) < 4.78 is 0. The number of nitro groups is 1. The quantitative estimate of drug-likeness (QED) is 0.454. The lowest BCUT2D eigenvalue weighted by Crippen LogP contribution is -2.16. The number of hydrogen-bond donors (Lipinski definition) is 0. The number of carbonyl (C=O) groups is 1. The lowest BCUT2D eigenvalue weighted by molar-refractivity contribution is -0.385. The summed E-state index contributed by atoms with van der Waals surface area (Å²) in [6.45, 7) is 3.80. The highest BCUT2D eigenvalue weighted by atomic mass is 16.6. The molecule has 0 aliphatic heterocycles. The molecular formula is C13H14N2O3. The van der Waals surface area contributed by atoms with Gasteiger partial charge in [-0.1, -0.05) is 26.0 Å². The number of para-hydroxylation sites is 1. The van der Waals surface area contributed by atoms with Gasteiger partial charge >= 0.3 is 0 Å². The third kappa shape index (κ3) is 3.14. The molecule has 0 saturated heterocycles. The number of hydrogen-bond acceptors (Lipinski definition) is 4. The van der Waals surface area contributed by atoms with E-state index in [9.17, 15) is 14.9 Å². The molecule has 0 spiro atoms. The average Bonchev–Trinajstić information content (AvgIpc) is 2.34. The van der Waals surface area contributed by atoms with Gasteiger partial charge in [-0.25, -0.2) is 0 Å². The summed E-state index contributed by atoms with van der Waals surface area (Å²) in [6, 6.07) is 7.65. The van der Waals surface area contributed by atoms with Crippen LogP contribution in [-0.2, 0) is 0 Å². The van der Waals surface area contributed by atoms with E-state index < -0.39 is 16.6 Å². The minimum atomic E-state index is -0.828. The van der Waals surface area contributed by atoms with E-state index in [0.717, 1.165) is 0 Å². The fourth-order valence-electron chi connectivity index (χ4n) is 1.72. The molecular weight excluding hydrogens is 232 g/mol. The second kappa shape index (κ2) is 5.92. The highest BCUT2D eigenvalue weighted by Gasteiger charge is 2.26. The van der Waals surface area contributed by atoms with Crippen LogP contribution in [0.5, 0.6) is 0 Å². The molecule has 0 aromatic heterocycles. The third-order valence-corrected chi connectivity index (χ3v) is 2.55. The first-order valence-electron chi connectivity index (χ1n) is 5.64. The van der Waals surface area contributed by atoms with Gasteiger partial charge in [-0.05, 0) is 18.4 Å². The molecule has 1 atom stereocenters. The lowest BCUT2D eigenvalue weighted by atomic mass is 9.90. The fraction of sp³-hybridized carbons (Fsp3) is 0.385. The first kappa shape index (κ1) is 13.8. The van der Waals surface area contributed by atoms with Crippen LogP contribution in [0.1, 0.15) is 30.6 Å². The van der Waals surface area contributed by atoms with E-state index in [0.29, 0.717) is 6.42 Å². The van der Waals surface area contributed by atoms with Gasteiger partial charge < -0.3 is 0 Å². The number of benzene rings is 1. The highest BCUT2D eigenvalue weighted by molar-refractivity contribution is 6.02. The minimum Gasteiger partial charge on any atom is -0.292 e. The van der Waals surface area contributed by atoms with Crippen LogP contribution < -0.4 is 0 Å². The molecule has 18 heavy (non-hydrogen) atoms. The average molecular weight is 246 g/mol. The van der Waals surface area contributed by atoms with Crippen LogP contribution in [0, 0.1) is 33.3 Å². The van der Waals surface area contributed by atoms with Crippen molar-refractivity contribution < 1.29 is 9.72 Å². The number of nitriles is 1. The van der Waals surface area contributed by atoms with Crippen molar-refractivity contribution >= 4 is 11.5 Å². The molecule has 0 radical (unpaired) electrons. The SMILES string of the molecule is CC(C)CC(C#N)C(=O)c1ccccc1[N+](=O)[O-]. The van der Waals surface area contributed by atoms with Crippen LogP contribution in [0.15, 0.2) is 24.3 Å². The Balaban J connectivity index is 3.10. The van der Waals surface area contributed by atoms with E-state index in [1.807, 2.05) is 19.9 Å².